The second-order valence-electron chi connectivity index (χ2n) is 4.29. The Balaban J connectivity index is 2.93. The van der Waals surface area contributed by atoms with Gasteiger partial charge in [0, 0.05) is 25.3 Å². The summed E-state index contributed by atoms with van der Waals surface area (Å²) in [5.74, 6) is 1.000. The fourth-order valence-corrected chi connectivity index (χ4v) is 1.98. The summed E-state index contributed by atoms with van der Waals surface area (Å²) >= 11 is 6.14. The van der Waals surface area contributed by atoms with E-state index in [2.05, 4.69) is 49.0 Å². The second-order valence-corrected chi connectivity index (χ2v) is 4.70. The average Bonchev–Trinajstić information content (AvgIpc) is 2.30. The molecule has 0 radical (unpaired) electrons. The number of halogens is 1. The van der Waals surface area contributed by atoms with Crippen molar-refractivity contribution in [2.24, 2.45) is 0 Å². The summed E-state index contributed by atoms with van der Waals surface area (Å²) in [5, 5.41) is 4.02. The maximum atomic E-state index is 6.14. The predicted octanol–water partition coefficient (Wildman–Crippen LogP) is 3.08. The molecule has 0 amide bonds. The van der Waals surface area contributed by atoms with Crippen molar-refractivity contribution in [3.8, 4) is 0 Å². The maximum Gasteiger partial charge on any atom is 0.129 e. The first-order valence-electron chi connectivity index (χ1n) is 6.21. The molecule has 0 aliphatic heterocycles. The SMILES string of the molecule is CCNCc1cc(N(CC)C(C)C)ncc1Cl. The van der Waals surface area contributed by atoms with Crippen molar-refractivity contribution in [1.29, 1.82) is 0 Å². The summed E-state index contributed by atoms with van der Waals surface area (Å²) in [6.07, 6.45) is 1.74. The van der Waals surface area contributed by atoms with E-state index in [0.29, 0.717) is 6.04 Å². The van der Waals surface area contributed by atoms with Crippen molar-refractivity contribution < 1.29 is 0 Å². The highest BCUT2D eigenvalue weighted by molar-refractivity contribution is 6.31. The van der Waals surface area contributed by atoms with E-state index in [-0.39, 0.29) is 0 Å². The number of anilines is 1. The van der Waals surface area contributed by atoms with E-state index in [1.807, 2.05) is 0 Å². The van der Waals surface area contributed by atoms with E-state index in [1.54, 1.807) is 6.20 Å². The first-order chi connectivity index (χ1) is 8.10. The third kappa shape index (κ3) is 3.86. The lowest BCUT2D eigenvalue weighted by molar-refractivity contribution is 0.688. The van der Waals surface area contributed by atoms with Gasteiger partial charge in [-0.1, -0.05) is 18.5 Å². The smallest absolute Gasteiger partial charge is 0.129 e. The average molecular weight is 256 g/mol. The van der Waals surface area contributed by atoms with Gasteiger partial charge in [0.1, 0.15) is 5.82 Å². The van der Waals surface area contributed by atoms with Crippen LogP contribution in [0.15, 0.2) is 12.3 Å². The lowest BCUT2D eigenvalue weighted by atomic mass is 10.2. The number of pyridine rings is 1. The summed E-state index contributed by atoms with van der Waals surface area (Å²) in [7, 11) is 0. The Bertz CT molecular complexity index is 353. The first-order valence-corrected chi connectivity index (χ1v) is 6.59. The highest BCUT2D eigenvalue weighted by atomic mass is 35.5. The zero-order valence-electron chi connectivity index (χ0n) is 11.1. The summed E-state index contributed by atoms with van der Waals surface area (Å²) in [4.78, 5) is 6.66. The molecular formula is C13H22ClN3. The Morgan fingerprint density at radius 1 is 1.41 bits per heavy atom. The van der Waals surface area contributed by atoms with Gasteiger partial charge in [-0.2, -0.15) is 0 Å². The predicted molar refractivity (Wildman–Crippen MR) is 74.8 cm³/mol. The van der Waals surface area contributed by atoms with Gasteiger partial charge in [-0.3, -0.25) is 0 Å². The van der Waals surface area contributed by atoms with Gasteiger partial charge in [0.15, 0.2) is 0 Å². The van der Waals surface area contributed by atoms with Gasteiger partial charge in [-0.25, -0.2) is 4.98 Å². The molecule has 0 saturated carbocycles. The number of nitrogens with one attached hydrogen (secondary N) is 1. The molecule has 96 valence electrons. The molecule has 4 heteroatoms. The molecule has 17 heavy (non-hydrogen) atoms. The van der Waals surface area contributed by atoms with Crippen LogP contribution in [0.25, 0.3) is 0 Å². The number of hydrogen-bond donors (Lipinski definition) is 1. The normalized spacial score (nSPS) is 10.9. The van der Waals surface area contributed by atoms with Crippen molar-refractivity contribution in [2.45, 2.75) is 40.3 Å². The third-order valence-corrected chi connectivity index (χ3v) is 3.08. The molecule has 0 aliphatic carbocycles. The lowest BCUT2D eigenvalue weighted by Crippen LogP contribution is -2.31. The van der Waals surface area contributed by atoms with Crippen LogP contribution in [0.5, 0.6) is 0 Å². The van der Waals surface area contributed by atoms with Gasteiger partial charge in [-0.15, -0.1) is 0 Å². The minimum Gasteiger partial charge on any atom is -0.354 e. The van der Waals surface area contributed by atoms with Gasteiger partial charge in [-0.05, 0) is 38.9 Å². The zero-order chi connectivity index (χ0) is 12.8. The van der Waals surface area contributed by atoms with Crippen LogP contribution in [-0.4, -0.2) is 24.1 Å². The summed E-state index contributed by atoms with van der Waals surface area (Å²) in [6, 6.07) is 2.52. The molecule has 1 rings (SSSR count). The molecule has 1 heterocycles. The van der Waals surface area contributed by atoms with Gasteiger partial charge in [0.05, 0.1) is 5.02 Å². The third-order valence-electron chi connectivity index (χ3n) is 2.74. The maximum absolute atomic E-state index is 6.14. The van der Waals surface area contributed by atoms with Gasteiger partial charge < -0.3 is 10.2 Å². The van der Waals surface area contributed by atoms with E-state index < -0.39 is 0 Å². The van der Waals surface area contributed by atoms with Crippen LogP contribution >= 0.6 is 11.6 Å². The van der Waals surface area contributed by atoms with Gasteiger partial charge in [0.2, 0.25) is 0 Å². The molecule has 0 fully saturated rings. The van der Waals surface area contributed by atoms with Crippen molar-refractivity contribution in [3.63, 3.8) is 0 Å². The fraction of sp³-hybridized carbons (Fsp3) is 0.615. The summed E-state index contributed by atoms with van der Waals surface area (Å²) < 4.78 is 0. The van der Waals surface area contributed by atoms with Crippen LogP contribution < -0.4 is 10.2 Å². The molecule has 0 saturated heterocycles. The molecule has 0 unspecified atom stereocenters. The van der Waals surface area contributed by atoms with E-state index in [1.165, 1.54) is 0 Å². The Morgan fingerprint density at radius 3 is 2.65 bits per heavy atom. The monoisotopic (exact) mass is 255 g/mol. The van der Waals surface area contributed by atoms with Crippen molar-refractivity contribution >= 4 is 17.4 Å². The molecule has 0 atom stereocenters. The number of hydrogen-bond acceptors (Lipinski definition) is 3. The molecule has 0 aliphatic rings. The van der Waals surface area contributed by atoms with E-state index in [0.717, 1.165) is 36.0 Å². The number of rotatable bonds is 6. The van der Waals surface area contributed by atoms with Crippen LogP contribution in [-0.2, 0) is 6.54 Å². The minimum absolute atomic E-state index is 0.445. The Morgan fingerprint density at radius 2 is 2.12 bits per heavy atom. The van der Waals surface area contributed by atoms with Crippen LogP contribution in [0, 0.1) is 0 Å². The van der Waals surface area contributed by atoms with Gasteiger partial charge in [0.25, 0.3) is 0 Å². The fourth-order valence-electron chi connectivity index (χ4n) is 1.81. The largest absolute Gasteiger partial charge is 0.354 e. The van der Waals surface area contributed by atoms with Crippen LogP contribution in [0.1, 0.15) is 33.3 Å². The van der Waals surface area contributed by atoms with Crippen LogP contribution in [0.3, 0.4) is 0 Å². The molecule has 1 aromatic rings. The molecule has 0 spiro atoms. The quantitative estimate of drug-likeness (QED) is 0.847. The highest BCUT2D eigenvalue weighted by Gasteiger charge is 2.11. The summed E-state index contributed by atoms with van der Waals surface area (Å²) in [5.41, 5.74) is 1.11. The van der Waals surface area contributed by atoms with Crippen molar-refractivity contribution in [2.75, 3.05) is 18.0 Å². The van der Waals surface area contributed by atoms with Crippen LogP contribution in [0.4, 0.5) is 5.82 Å². The highest BCUT2D eigenvalue weighted by Crippen LogP contribution is 2.21. The van der Waals surface area contributed by atoms with Gasteiger partial charge >= 0.3 is 0 Å². The lowest BCUT2D eigenvalue weighted by Gasteiger charge is -2.26. The molecule has 1 aromatic heterocycles. The van der Waals surface area contributed by atoms with Crippen LogP contribution in [0.2, 0.25) is 5.02 Å². The Labute approximate surface area is 109 Å². The zero-order valence-corrected chi connectivity index (χ0v) is 11.9. The Kier molecular flexibility index (Phi) is 5.72. The molecule has 1 N–H and O–H groups in total. The molecule has 0 bridgehead atoms. The summed E-state index contributed by atoms with van der Waals surface area (Å²) in [6.45, 7) is 11.2. The second kappa shape index (κ2) is 6.82. The topological polar surface area (TPSA) is 28.2 Å². The Hall–Kier alpha value is -0.800. The molecule has 3 nitrogen and oxygen atoms in total. The number of aromatic nitrogens is 1. The van der Waals surface area contributed by atoms with E-state index in [4.69, 9.17) is 11.6 Å². The van der Waals surface area contributed by atoms with E-state index >= 15 is 0 Å². The van der Waals surface area contributed by atoms with E-state index in [9.17, 15) is 0 Å². The number of nitrogens with zero attached hydrogens (tertiary/aromatic N) is 2. The van der Waals surface area contributed by atoms with Crippen molar-refractivity contribution in [3.05, 3.63) is 22.8 Å². The first kappa shape index (κ1) is 14.3. The van der Waals surface area contributed by atoms with Crippen molar-refractivity contribution in [1.82, 2.24) is 10.3 Å². The minimum atomic E-state index is 0.445. The standard InChI is InChI=1S/C13H22ClN3/c1-5-15-8-11-7-13(16-9-12(11)14)17(6-2)10(3)4/h7,9-10,15H,5-6,8H2,1-4H3. The molecule has 0 aromatic carbocycles. The molecular weight excluding hydrogens is 234 g/mol.